The van der Waals surface area contributed by atoms with Crippen LogP contribution in [0, 0.1) is 6.92 Å². The molecule has 0 spiro atoms. The van der Waals surface area contributed by atoms with Crippen molar-refractivity contribution in [3.05, 3.63) is 25.1 Å². The van der Waals surface area contributed by atoms with Gasteiger partial charge in [-0.25, -0.2) is 8.42 Å². The van der Waals surface area contributed by atoms with Crippen molar-refractivity contribution in [3.8, 4) is 5.75 Å². The number of benzene rings is 1. The maximum atomic E-state index is 13.2. The Labute approximate surface area is 189 Å². The normalized spacial score (nSPS) is 21.5. The van der Waals surface area contributed by atoms with E-state index in [1.165, 1.54) is 26.0 Å². The standard InChI is InChI=1S/C22H31N4O5S/c1-16(22(28)25-14-12-24(13-15-25)17-9-10-17)23-32(29,30)19-7-5-6-18(21(19)31-2)26-11-4-3-8-20(26)27/h5-7,16-17,23H,1,3-4,8-15H2,2H3/t16-/m0/s1. The van der Waals surface area contributed by atoms with Crippen molar-refractivity contribution < 1.29 is 22.7 Å². The summed E-state index contributed by atoms with van der Waals surface area (Å²) in [6, 6.07) is 4.15. The van der Waals surface area contributed by atoms with Crippen molar-refractivity contribution >= 4 is 27.5 Å². The first-order valence-corrected chi connectivity index (χ1v) is 12.7. The Kier molecular flexibility index (Phi) is 6.73. The van der Waals surface area contributed by atoms with Gasteiger partial charge in [0.05, 0.1) is 12.8 Å². The van der Waals surface area contributed by atoms with Crippen LogP contribution in [0.25, 0.3) is 0 Å². The van der Waals surface area contributed by atoms with E-state index in [0.717, 1.165) is 25.9 Å². The van der Waals surface area contributed by atoms with Gasteiger partial charge in [0.15, 0.2) is 5.75 Å². The minimum absolute atomic E-state index is 0.0624. The van der Waals surface area contributed by atoms with E-state index >= 15 is 0 Å². The number of methoxy groups -OCH3 is 1. The van der Waals surface area contributed by atoms with E-state index in [-0.39, 0.29) is 22.5 Å². The Morgan fingerprint density at radius 1 is 1.16 bits per heavy atom. The number of para-hydroxylation sites is 1. The topological polar surface area (TPSA) is 99.3 Å². The van der Waals surface area contributed by atoms with Crippen LogP contribution in [0.4, 0.5) is 5.69 Å². The first kappa shape index (κ1) is 23.0. The lowest BCUT2D eigenvalue weighted by molar-refractivity contribution is -0.133. The number of rotatable bonds is 7. The molecule has 0 bridgehead atoms. The van der Waals surface area contributed by atoms with Crippen LogP contribution < -0.4 is 14.4 Å². The third-order valence-electron chi connectivity index (χ3n) is 6.35. The number of sulfonamides is 1. The van der Waals surface area contributed by atoms with Crippen LogP contribution in [0.2, 0.25) is 0 Å². The number of nitrogens with zero attached hydrogens (tertiary/aromatic N) is 3. The molecule has 1 aromatic carbocycles. The maximum absolute atomic E-state index is 13.2. The molecule has 1 atom stereocenters. The van der Waals surface area contributed by atoms with E-state index in [1.54, 1.807) is 21.9 Å². The molecule has 10 heteroatoms. The molecular formula is C22H31N4O5S. The number of amides is 2. The molecule has 9 nitrogen and oxygen atoms in total. The first-order chi connectivity index (χ1) is 15.3. The summed E-state index contributed by atoms with van der Waals surface area (Å²) in [5, 5.41) is 0. The molecule has 3 aliphatic rings. The molecule has 2 saturated heterocycles. The van der Waals surface area contributed by atoms with Gasteiger partial charge in [0.2, 0.25) is 21.8 Å². The number of hydrogen-bond acceptors (Lipinski definition) is 6. The van der Waals surface area contributed by atoms with Crippen LogP contribution in [0.15, 0.2) is 23.1 Å². The van der Waals surface area contributed by atoms with E-state index < -0.39 is 16.1 Å². The van der Waals surface area contributed by atoms with Crippen molar-refractivity contribution in [2.45, 2.75) is 49.1 Å². The van der Waals surface area contributed by atoms with Gasteiger partial charge in [-0.3, -0.25) is 14.5 Å². The van der Waals surface area contributed by atoms with E-state index in [4.69, 9.17) is 4.74 Å². The summed E-state index contributed by atoms with van der Waals surface area (Å²) in [5.41, 5.74) is 0.420. The predicted octanol–water partition coefficient (Wildman–Crippen LogP) is 1.000. The highest BCUT2D eigenvalue weighted by Gasteiger charge is 2.35. The summed E-state index contributed by atoms with van der Waals surface area (Å²) >= 11 is 0. The molecule has 3 fully saturated rings. The fourth-order valence-corrected chi connectivity index (χ4v) is 5.75. The SMILES string of the molecule is [CH2][C@H](NS(=O)(=O)c1cccc(N2CCCCC2=O)c1OC)C(=O)N1CCN(C2CC2)CC1. The minimum atomic E-state index is -4.11. The second-order valence-corrected chi connectivity index (χ2v) is 10.3. The Bertz CT molecular complexity index is 971. The molecule has 2 amide bonds. The summed E-state index contributed by atoms with van der Waals surface area (Å²) in [7, 11) is -2.74. The van der Waals surface area contributed by atoms with Crippen LogP contribution in [0.3, 0.4) is 0 Å². The predicted molar refractivity (Wildman–Crippen MR) is 120 cm³/mol. The van der Waals surface area contributed by atoms with Crippen molar-refractivity contribution in [1.29, 1.82) is 0 Å². The molecule has 0 aromatic heterocycles. The fourth-order valence-electron chi connectivity index (χ4n) is 4.46. The Balaban J connectivity index is 1.48. The van der Waals surface area contributed by atoms with Crippen molar-refractivity contribution in [3.63, 3.8) is 0 Å². The van der Waals surface area contributed by atoms with Gasteiger partial charge in [0.25, 0.3) is 0 Å². The Morgan fingerprint density at radius 3 is 2.50 bits per heavy atom. The molecule has 4 rings (SSSR count). The molecule has 1 radical (unpaired) electrons. The zero-order chi connectivity index (χ0) is 22.9. The molecular weight excluding hydrogens is 432 g/mol. The van der Waals surface area contributed by atoms with Gasteiger partial charge in [0, 0.05) is 45.2 Å². The van der Waals surface area contributed by atoms with Crippen molar-refractivity contribution in [2.75, 3.05) is 44.7 Å². The minimum Gasteiger partial charge on any atom is -0.493 e. The highest BCUT2D eigenvalue weighted by Crippen LogP contribution is 2.36. The number of hydrogen-bond donors (Lipinski definition) is 1. The molecule has 32 heavy (non-hydrogen) atoms. The molecule has 2 heterocycles. The molecule has 175 valence electrons. The molecule has 2 aliphatic heterocycles. The van der Waals surface area contributed by atoms with Crippen LogP contribution in [-0.2, 0) is 19.6 Å². The van der Waals surface area contributed by atoms with Gasteiger partial charge in [-0.1, -0.05) is 6.07 Å². The van der Waals surface area contributed by atoms with E-state index in [1.807, 2.05) is 0 Å². The molecule has 1 saturated carbocycles. The highest BCUT2D eigenvalue weighted by atomic mass is 32.2. The lowest BCUT2D eigenvalue weighted by Gasteiger charge is -2.36. The lowest BCUT2D eigenvalue weighted by Crippen LogP contribution is -2.54. The number of ether oxygens (including phenoxy) is 1. The van der Waals surface area contributed by atoms with E-state index in [9.17, 15) is 18.0 Å². The van der Waals surface area contributed by atoms with Gasteiger partial charge >= 0.3 is 0 Å². The van der Waals surface area contributed by atoms with Gasteiger partial charge < -0.3 is 14.5 Å². The number of carbonyl (C=O) groups excluding carboxylic acids is 2. The summed E-state index contributed by atoms with van der Waals surface area (Å²) in [4.78, 5) is 30.7. The average molecular weight is 464 g/mol. The van der Waals surface area contributed by atoms with Gasteiger partial charge in [-0.2, -0.15) is 4.72 Å². The first-order valence-electron chi connectivity index (χ1n) is 11.2. The van der Waals surface area contributed by atoms with Crippen LogP contribution >= 0.6 is 0 Å². The number of anilines is 1. The van der Waals surface area contributed by atoms with E-state index in [2.05, 4.69) is 16.5 Å². The number of carbonyl (C=O) groups is 2. The van der Waals surface area contributed by atoms with Gasteiger partial charge in [0.1, 0.15) is 10.9 Å². The Morgan fingerprint density at radius 2 is 1.88 bits per heavy atom. The van der Waals surface area contributed by atoms with Gasteiger partial charge in [-0.15, -0.1) is 0 Å². The number of nitrogens with one attached hydrogen (secondary N) is 1. The summed E-state index contributed by atoms with van der Waals surface area (Å²) in [6.07, 6.45) is 4.51. The smallest absolute Gasteiger partial charge is 0.245 e. The average Bonchev–Trinajstić information content (AvgIpc) is 3.64. The monoisotopic (exact) mass is 463 g/mol. The molecule has 1 N–H and O–H groups in total. The van der Waals surface area contributed by atoms with E-state index in [0.29, 0.717) is 37.8 Å². The second kappa shape index (κ2) is 9.36. The zero-order valence-corrected chi connectivity index (χ0v) is 19.3. The third kappa shape index (κ3) is 4.77. The summed E-state index contributed by atoms with van der Waals surface area (Å²) in [6.45, 7) is 7.02. The molecule has 1 aliphatic carbocycles. The molecule has 0 unspecified atom stereocenters. The summed E-state index contributed by atoms with van der Waals surface area (Å²) in [5.74, 6) is -0.314. The van der Waals surface area contributed by atoms with Crippen LogP contribution in [-0.4, -0.2) is 81.9 Å². The molecule has 1 aromatic rings. The zero-order valence-electron chi connectivity index (χ0n) is 18.5. The highest BCUT2D eigenvalue weighted by molar-refractivity contribution is 7.89. The number of piperazine rings is 1. The van der Waals surface area contributed by atoms with Crippen molar-refractivity contribution in [2.24, 2.45) is 0 Å². The lowest BCUT2D eigenvalue weighted by atomic mass is 10.1. The van der Waals surface area contributed by atoms with Gasteiger partial charge in [-0.05, 0) is 44.7 Å². The van der Waals surface area contributed by atoms with Crippen LogP contribution in [0.1, 0.15) is 32.1 Å². The largest absolute Gasteiger partial charge is 0.493 e. The third-order valence-corrected chi connectivity index (χ3v) is 7.85. The Hall–Kier alpha value is -2.17. The quantitative estimate of drug-likeness (QED) is 0.648. The summed E-state index contributed by atoms with van der Waals surface area (Å²) < 4.78 is 34.2. The van der Waals surface area contributed by atoms with Crippen molar-refractivity contribution in [1.82, 2.24) is 14.5 Å². The van der Waals surface area contributed by atoms with Crippen LogP contribution in [0.5, 0.6) is 5.75 Å². The number of piperidine rings is 1. The maximum Gasteiger partial charge on any atom is 0.245 e. The second-order valence-electron chi connectivity index (χ2n) is 8.58. The fraction of sp³-hybridized carbons (Fsp3) is 0.591.